The van der Waals surface area contributed by atoms with Crippen LogP contribution in [0.25, 0.3) is 0 Å². The smallest absolute Gasteiger partial charge is 0.335 e. The molecule has 1 atom stereocenters. The number of hydrogen-bond donors (Lipinski definition) is 1. The number of carboxylic acid groups (broad SMARTS) is 1. The highest BCUT2D eigenvalue weighted by molar-refractivity contribution is 7.91. The van der Waals surface area contributed by atoms with Crippen LogP contribution in [0, 0.1) is 0 Å². The van der Waals surface area contributed by atoms with E-state index in [9.17, 15) is 18.0 Å². The molecule has 0 spiro atoms. The average Bonchev–Trinajstić information content (AvgIpc) is 3.35. The zero-order valence-electron chi connectivity index (χ0n) is 24.2. The fraction of sp³-hybridized carbons (Fsp3) is 0.406. The van der Waals surface area contributed by atoms with Gasteiger partial charge in [-0.15, -0.1) is 0 Å². The van der Waals surface area contributed by atoms with Crippen LogP contribution >= 0.6 is 11.6 Å². The summed E-state index contributed by atoms with van der Waals surface area (Å²) < 4.78 is 29.9. The Balaban J connectivity index is 1.08. The molecule has 2 aromatic carbocycles. The van der Waals surface area contributed by atoms with E-state index in [1.807, 2.05) is 40.1 Å². The predicted molar refractivity (Wildman–Crippen MR) is 166 cm³/mol. The summed E-state index contributed by atoms with van der Waals surface area (Å²) in [4.78, 5) is 35.7. The van der Waals surface area contributed by atoms with Crippen molar-refractivity contribution in [2.45, 2.75) is 50.4 Å². The number of ether oxygens (including phenoxy) is 1. The summed E-state index contributed by atoms with van der Waals surface area (Å²) in [7, 11) is -3.02. The van der Waals surface area contributed by atoms with Crippen molar-refractivity contribution >= 4 is 33.4 Å². The Morgan fingerprint density at radius 1 is 0.977 bits per heavy atom. The number of piperidine rings is 1. The summed E-state index contributed by atoms with van der Waals surface area (Å²) in [6.07, 6.45) is 4.41. The maximum Gasteiger partial charge on any atom is 0.335 e. The average molecular weight is 639 g/mol. The molecule has 0 aliphatic carbocycles. The number of amides is 2. The number of likely N-dealkylation sites (tertiary alicyclic amines) is 1. The van der Waals surface area contributed by atoms with Gasteiger partial charge in [0, 0.05) is 55.5 Å². The van der Waals surface area contributed by atoms with Crippen molar-refractivity contribution in [1.82, 2.24) is 19.7 Å². The van der Waals surface area contributed by atoms with Crippen molar-refractivity contribution in [2.24, 2.45) is 0 Å². The van der Waals surface area contributed by atoms with Crippen molar-refractivity contribution < 1.29 is 27.9 Å². The van der Waals surface area contributed by atoms with E-state index >= 15 is 0 Å². The van der Waals surface area contributed by atoms with Gasteiger partial charge in [0.1, 0.15) is 15.6 Å². The van der Waals surface area contributed by atoms with E-state index in [1.165, 1.54) is 12.1 Å². The van der Waals surface area contributed by atoms with Gasteiger partial charge in [-0.25, -0.2) is 23.0 Å². The highest BCUT2D eigenvalue weighted by atomic mass is 35.5. The zero-order chi connectivity index (χ0) is 30.8. The van der Waals surface area contributed by atoms with Crippen LogP contribution in [0.3, 0.4) is 0 Å². The number of carboxylic acids is 1. The second kappa shape index (κ2) is 12.7. The first-order chi connectivity index (χ1) is 21.1. The first-order valence-electron chi connectivity index (χ1n) is 14.9. The van der Waals surface area contributed by atoms with Crippen LogP contribution in [0.4, 0.5) is 4.79 Å². The summed E-state index contributed by atoms with van der Waals surface area (Å²) in [5.74, 6) is 0.205. The van der Waals surface area contributed by atoms with Crippen molar-refractivity contribution in [3.05, 3.63) is 88.6 Å². The molecule has 0 bridgehead atoms. The fourth-order valence-electron chi connectivity index (χ4n) is 6.48. The molecule has 232 valence electrons. The second-order valence-corrected chi connectivity index (χ2v) is 14.5. The maximum atomic E-state index is 13.9. The van der Waals surface area contributed by atoms with E-state index < -0.39 is 15.8 Å². The normalized spacial score (nSPS) is 21.5. The molecule has 0 radical (unpaired) electrons. The van der Waals surface area contributed by atoms with Crippen molar-refractivity contribution in [3.63, 3.8) is 0 Å². The number of aromatic carboxylic acids is 1. The number of nitrogens with zero attached hydrogens (tertiary/aromatic N) is 4. The highest BCUT2D eigenvalue weighted by Crippen LogP contribution is 2.38. The third kappa shape index (κ3) is 6.85. The number of aromatic nitrogens is 1. The lowest BCUT2D eigenvalue weighted by Crippen LogP contribution is -2.49. The Morgan fingerprint density at radius 2 is 1.70 bits per heavy atom. The first kappa shape index (κ1) is 30.4. The molecule has 3 aliphatic heterocycles. The van der Waals surface area contributed by atoms with Gasteiger partial charge in [0.05, 0.1) is 23.1 Å². The maximum absolute atomic E-state index is 13.9. The van der Waals surface area contributed by atoms with Crippen LogP contribution in [0.1, 0.15) is 53.2 Å². The van der Waals surface area contributed by atoms with Crippen molar-refractivity contribution in [1.29, 1.82) is 0 Å². The number of urea groups is 1. The van der Waals surface area contributed by atoms with Gasteiger partial charge in [0.2, 0.25) is 5.88 Å². The van der Waals surface area contributed by atoms with Gasteiger partial charge >= 0.3 is 12.0 Å². The summed E-state index contributed by atoms with van der Waals surface area (Å²) >= 11 is 6.35. The number of carbonyl (C=O) groups is 2. The second-order valence-electron chi connectivity index (χ2n) is 11.7. The number of hydrogen-bond acceptors (Lipinski definition) is 7. The number of rotatable bonds is 8. The number of pyridine rings is 1. The molecule has 44 heavy (non-hydrogen) atoms. The zero-order valence-corrected chi connectivity index (χ0v) is 25.8. The monoisotopic (exact) mass is 638 g/mol. The van der Waals surface area contributed by atoms with Gasteiger partial charge in [0.25, 0.3) is 0 Å². The molecule has 0 saturated carbocycles. The number of sulfone groups is 1. The topological polar surface area (TPSA) is 120 Å². The Bertz CT molecular complexity index is 1600. The standard InChI is InChI=1S/C32H35ClN4O6S/c33-25-3-1-2-24(18-25)29-21-36(26-12-16-44(41,42)17-13-26)32(40)37(29)27-10-14-35(15-11-27)20-22-4-9-30(34-19-22)43-28-7-5-23(6-8-28)31(38)39/h1-9,18-19,26-27,29H,10-17,20-21H2,(H,38,39). The summed E-state index contributed by atoms with van der Waals surface area (Å²) in [6, 6.07) is 17.5. The molecule has 1 N–H and O–H groups in total. The van der Waals surface area contributed by atoms with Crippen LogP contribution in [0.2, 0.25) is 5.02 Å². The molecule has 1 unspecified atom stereocenters. The van der Waals surface area contributed by atoms with Crippen LogP contribution < -0.4 is 4.74 Å². The Hall–Kier alpha value is -3.67. The molecule has 3 aliphatic rings. The molecule has 3 saturated heterocycles. The summed E-state index contributed by atoms with van der Waals surface area (Å²) in [6.45, 7) is 2.91. The minimum Gasteiger partial charge on any atom is -0.478 e. The fourth-order valence-corrected chi connectivity index (χ4v) is 8.15. The quantitative estimate of drug-likeness (QED) is 0.355. The van der Waals surface area contributed by atoms with Gasteiger partial charge < -0.3 is 19.6 Å². The summed E-state index contributed by atoms with van der Waals surface area (Å²) in [5, 5.41) is 9.69. The van der Waals surface area contributed by atoms with E-state index in [0.29, 0.717) is 36.0 Å². The molecule has 4 heterocycles. The third-order valence-electron chi connectivity index (χ3n) is 8.85. The molecule has 3 fully saturated rings. The predicted octanol–water partition coefficient (Wildman–Crippen LogP) is 5.25. The van der Waals surface area contributed by atoms with Gasteiger partial charge in [-0.1, -0.05) is 29.8 Å². The molecular weight excluding hydrogens is 604 g/mol. The lowest BCUT2D eigenvalue weighted by Gasteiger charge is -2.39. The Morgan fingerprint density at radius 3 is 2.34 bits per heavy atom. The highest BCUT2D eigenvalue weighted by Gasteiger charge is 2.46. The van der Waals surface area contributed by atoms with Gasteiger partial charge in [-0.2, -0.15) is 0 Å². The van der Waals surface area contributed by atoms with Gasteiger partial charge in [0.15, 0.2) is 0 Å². The van der Waals surface area contributed by atoms with E-state index in [-0.39, 0.29) is 41.2 Å². The molecule has 2 amide bonds. The van der Waals surface area contributed by atoms with Gasteiger partial charge in [-0.3, -0.25) is 4.90 Å². The Kier molecular flexibility index (Phi) is 8.80. The number of halogens is 1. The minimum atomic E-state index is -3.02. The molecule has 1 aromatic heterocycles. The van der Waals surface area contributed by atoms with E-state index in [2.05, 4.69) is 9.88 Å². The Labute approximate surface area is 262 Å². The van der Waals surface area contributed by atoms with Crippen molar-refractivity contribution in [2.75, 3.05) is 31.1 Å². The van der Waals surface area contributed by atoms with Crippen LogP contribution in [-0.2, 0) is 16.4 Å². The number of benzene rings is 2. The van der Waals surface area contributed by atoms with E-state index in [4.69, 9.17) is 21.4 Å². The summed E-state index contributed by atoms with van der Waals surface area (Å²) in [5.41, 5.74) is 2.24. The van der Waals surface area contributed by atoms with Crippen LogP contribution in [0.5, 0.6) is 11.6 Å². The molecular formula is C32H35ClN4O6S. The molecule has 6 rings (SSSR count). The van der Waals surface area contributed by atoms with Gasteiger partial charge in [-0.05, 0) is 73.2 Å². The van der Waals surface area contributed by atoms with E-state index in [0.717, 1.165) is 43.6 Å². The van der Waals surface area contributed by atoms with Crippen LogP contribution in [-0.4, -0.2) is 88.4 Å². The minimum absolute atomic E-state index is 0.00453. The number of carbonyl (C=O) groups excluding carboxylic acids is 1. The lowest BCUT2D eigenvalue weighted by atomic mass is 9.98. The third-order valence-corrected chi connectivity index (χ3v) is 10.8. The molecule has 10 nitrogen and oxygen atoms in total. The van der Waals surface area contributed by atoms with Crippen molar-refractivity contribution in [3.8, 4) is 11.6 Å². The van der Waals surface area contributed by atoms with Crippen LogP contribution in [0.15, 0.2) is 66.9 Å². The molecule has 12 heteroatoms. The SMILES string of the molecule is O=C(O)c1ccc(Oc2ccc(CN3CCC(N4C(=O)N(C5CCS(=O)(=O)CC5)CC4c4cccc(Cl)c4)CC3)cn2)cc1. The molecule has 3 aromatic rings. The van der Waals surface area contributed by atoms with E-state index in [1.54, 1.807) is 24.4 Å². The first-order valence-corrected chi connectivity index (χ1v) is 17.1. The lowest BCUT2D eigenvalue weighted by molar-refractivity contribution is 0.0696. The largest absolute Gasteiger partial charge is 0.478 e.